The van der Waals surface area contributed by atoms with Crippen LogP contribution in [0.15, 0.2) is 41.3 Å². The van der Waals surface area contributed by atoms with Crippen LogP contribution in [-0.2, 0) is 14.8 Å². The molecular formula is C17H18Cl2N2O4S. The molecule has 2 aromatic rings. The Bertz CT molecular complexity index is 912. The van der Waals surface area contributed by atoms with Crippen LogP contribution in [0.1, 0.15) is 12.5 Å². The number of benzene rings is 2. The fraction of sp³-hybridized carbons (Fsp3) is 0.235. The van der Waals surface area contributed by atoms with Gasteiger partial charge in [0.25, 0.3) is 0 Å². The summed E-state index contributed by atoms with van der Waals surface area (Å²) in [6, 6.07) is 8.15. The van der Waals surface area contributed by atoms with Crippen LogP contribution in [0.25, 0.3) is 0 Å². The van der Waals surface area contributed by atoms with Gasteiger partial charge in [-0.15, -0.1) is 0 Å². The number of carbonyl (C=O) groups excluding carboxylic acids is 1. The zero-order valence-electron chi connectivity index (χ0n) is 14.3. The molecule has 2 N–H and O–H groups in total. The summed E-state index contributed by atoms with van der Waals surface area (Å²) >= 11 is 12.0. The van der Waals surface area contributed by atoms with Crippen molar-refractivity contribution < 1.29 is 17.9 Å². The lowest BCUT2D eigenvalue weighted by Gasteiger charge is -2.16. The standard InChI is InChI=1S/C17H18Cl2N2O4S/c1-10-9-12(7-8-15(10)25-3)26(23,24)21-11(2)17(22)20-16-13(18)5-4-6-14(16)19/h4-9,11,21H,1-3H3,(H,20,22)/t11-/m1/s1. The summed E-state index contributed by atoms with van der Waals surface area (Å²) in [7, 11) is -2.40. The van der Waals surface area contributed by atoms with Crippen LogP contribution in [0.5, 0.6) is 5.75 Å². The number of anilines is 1. The van der Waals surface area contributed by atoms with Crippen LogP contribution in [0.4, 0.5) is 5.69 Å². The molecule has 6 nitrogen and oxygen atoms in total. The van der Waals surface area contributed by atoms with Gasteiger partial charge in [-0.25, -0.2) is 8.42 Å². The van der Waals surface area contributed by atoms with Gasteiger partial charge in [0.1, 0.15) is 5.75 Å². The van der Waals surface area contributed by atoms with Crippen molar-refractivity contribution in [3.05, 3.63) is 52.0 Å². The van der Waals surface area contributed by atoms with E-state index in [1.54, 1.807) is 31.2 Å². The molecule has 0 saturated heterocycles. The Morgan fingerprint density at radius 1 is 1.15 bits per heavy atom. The van der Waals surface area contributed by atoms with Crippen molar-refractivity contribution in [3.63, 3.8) is 0 Å². The SMILES string of the molecule is COc1ccc(S(=O)(=O)N[C@H](C)C(=O)Nc2c(Cl)cccc2Cl)cc1C. The number of sulfonamides is 1. The molecule has 1 atom stereocenters. The van der Waals surface area contributed by atoms with Crippen molar-refractivity contribution in [1.29, 1.82) is 0 Å². The lowest BCUT2D eigenvalue weighted by molar-refractivity contribution is -0.117. The van der Waals surface area contributed by atoms with Crippen molar-refractivity contribution in [2.75, 3.05) is 12.4 Å². The number of aryl methyl sites for hydroxylation is 1. The average Bonchev–Trinajstić information content (AvgIpc) is 2.57. The van der Waals surface area contributed by atoms with Crippen LogP contribution in [-0.4, -0.2) is 27.5 Å². The van der Waals surface area contributed by atoms with Gasteiger partial charge in [-0.1, -0.05) is 29.3 Å². The second kappa shape index (κ2) is 8.26. The van der Waals surface area contributed by atoms with E-state index in [1.807, 2.05) is 0 Å². The third kappa shape index (κ3) is 4.67. The Labute approximate surface area is 162 Å². The third-order valence-electron chi connectivity index (χ3n) is 3.61. The van der Waals surface area contributed by atoms with E-state index >= 15 is 0 Å². The summed E-state index contributed by atoms with van der Waals surface area (Å²) < 4.78 is 32.4. The molecule has 0 spiro atoms. The summed E-state index contributed by atoms with van der Waals surface area (Å²) in [5.41, 5.74) is 0.891. The van der Waals surface area contributed by atoms with Gasteiger partial charge in [0.2, 0.25) is 15.9 Å². The molecule has 0 bridgehead atoms. The zero-order chi connectivity index (χ0) is 19.5. The highest BCUT2D eigenvalue weighted by molar-refractivity contribution is 7.89. The molecule has 2 aromatic carbocycles. The van der Waals surface area contributed by atoms with Gasteiger partial charge < -0.3 is 10.1 Å². The van der Waals surface area contributed by atoms with Gasteiger partial charge in [-0.05, 0) is 49.7 Å². The molecule has 9 heteroatoms. The maximum atomic E-state index is 12.5. The van der Waals surface area contributed by atoms with Crippen molar-refractivity contribution in [2.45, 2.75) is 24.8 Å². The number of methoxy groups -OCH3 is 1. The van der Waals surface area contributed by atoms with Crippen LogP contribution < -0.4 is 14.8 Å². The second-order valence-corrected chi connectivity index (χ2v) is 8.09. The van der Waals surface area contributed by atoms with Gasteiger partial charge in [-0.3, -0.25) is 4.79 Å². The van der Waals surface area contributed by atoms with Crippen LogP contribution in [0.2, 0.25) is 10.0 Å². The normalized spacial score (nSPS) is 12.5. The fourth-order valence-electron chi connectivity index (χ4n) is 2.22. The monoisotopic (exact) mass is 416 g/mol. The number of para-hydroxylation sites is 1. The van der Waals surface area contributed by atoms with Crippen molar-refractivity contribution in [3.8, 4) is 5.75 Å². The molecule has 0 heterocycles. The maximum Gasteiger partial charge on any atom is 0.242 e. The third-order valence-corrected chi connectivity index (χ3v) is 5.78. The van der Waals surface area contributed by atoms with Gasteiger partial charge in [-0.2, -0.15) is 4.72 Å². The summed E-state index contributed by atoms with van der Waals surface area (Å²) in [5, 5.41) is 3.04. The number of hydrogen-bond donors (Lipinski definition) is 2. The topological polar surface area (TPSA) is 84.5 Å². The van der Waals surface area contributed by atoms with E-state index in [0.717, 1.165) is 0 Å². The molecule has 26 heavy (non-hydrogen) atoms. The summed E-state index contributed by atoms with van der Waals surface area (Å²) in [5.74, 6) is -0.0167. The van der Waals surface area contributed by atoms with Crippen LogP contribution >= 0.6 is 23.2 Å². The van der Waals surface area contributed by atoms with Crippen molar-refractivity contribution >= 4 is 44.8 Å². The first-order valence-electron chi connectivity index (χ1n) is 7.57. The molecule has 0 saturated carbocycles. The smallest absolute Gasteiger partial charge is 0.242 e. The van der Waals surface area contributed by atoms with E-state index in [2.05, 4.69) is 10.0 Å². The van der Waals surface area contributed by atoms with E-state index < -0.39 is 22.0 Å². The average molecular weight is 417 g/mol. The van der Waals surface area contributed by atoms with Gasteiger partial charge in [0.05, 0.1) is 33.8 Å². The number of halogens is 2. The van der Waals surface area contributed by atoms with E-state index in [-0.39, 0.29) is 20.6 Å². The van der Waals surface area contributed by atoms with E-state index in [9.17, 15) is 13.2 Å². The van der Waals surface area contributed by atoms with Gasteiger partial charge in [0.15, 0.2) is 0 Å². The van der Waals surface area contributed by atoms with Gasteiger partial charge in [0, 0.05) is 0 Å². The lowest BCUT2D eigenvalue weighted by atomic mass is 10.2. The highest BCUT2D eigenvalue weighted by Crippen LogP contribution is 2.30. The lowest BCUT2D eigenvalue weighted by Crippen LogP contribution is -2.41. The predicted molar refractivity (Wildman–Crippen MR) is 103 cm³/mol. The number of rotatable bonds is 6. The zero-order valence-corrected chi connectivity index (χ0v) is 16.7. The first-order valence-corrected chi connectivity index (χ1v) is 9.81. The second-order valence-electron chi connectivity index (χ2n) is 5.56. The number of carbonyl (C=O) groups is 1. The predicted octanol–water partition coefficient (Wildman–Crippen LogP) is 3.62. The Morgan fingerprint density at radius 3 is 2.31 bits per heavy atom. The molecule has 0 fully saturated rings. The van der Waals surface area contributed by atoms with Crippen LogP contribution in [0.3, 0.4) is 0 Å². The molecule has 2 rings (SSSR count). The quantitative estimate of drug-likeness (QED) is 0.752. The highest BCUT2D eigenvalue weighted by Gasteiger charge is 2.23. The minimum absolute atomic E-state index is 0.0335. The molecule has 0 aliphatic carbocycles. The minimum Gasteiger partial charge on any atom is -0.496 e. The first kappa shape index (κ1) is 20.5. The Morgan fingerprint density at radius 2 is 1.77 bits per heavy atom. The molecular weight excluding hydrogens is 399 g/mol. The summed E-state index contributed by atoms with van der Waals surface area (Å²) in [6.45, 7) is 3.15. The molecule has 0 unspecified atom stereocenters. The summed E-state index contributed by atoms with van der Waals surface area (Å²) in [4.78, 5) is 12.4. The Kier molecular flexibility index (Phi) is 6.52. The largest absolute Gasteiger partial charge is 0.496 e. The number of amides is 1. The molecule has 0 radical (unpaired) electrons. The van der Waals surface area contributed by atoms with Gasteiger partial charge >= 0.3 is 0 Å². The first-order chi connectivity index (χ1) is 12.2. The highest BCUT2D eigenvalue weighted by atomic mass is 35.5. The number of hydrogen-bond acceptors (Lipinski definition) is 4. The van der Waals surface area contributed by atoms with E-state index in [1.165, 1.54) is 26.2 Å². The molecule has 0 aliphatic heterocycles. The molecule has 0 aromatic heterocycles. The Balaban J connectivity index is 2.16. The minimum atomic E-state index is -3.90. The van der Waals surface area contributed by atoms with E-state index in [4.69, 9.17) is 27.9 Å². The van der Waals surface area contributed by atoms with Crippen molar-refractivity contribution in [2.24, 2.45) is 0 Å². The Hall–Kier alpha value is -1.80. The maximum absolute atomic E-state index is 12.5. The number of ether oxygens (including phenoxy) is 1. The molecule has 0 aliphatic rings. The number of nitrogens with one attached hydrogen (secondary N) is 2. The molecule has 140 valence electrons. The van der Waals surface area contributed by atoms with Crippen molar-refractivity contribution in [1.82, 2.24) is 4.72 Å². The molecule has 1 amide bonds. The fourth-order valence-corrected chi connectivity index (χ4v) is 4.00. The van der Waals surface area contributed by atoms with Crippen LogP contribution in [0, 0.1) is 6.92 Å². The summed E-state index contributed by atoms with van der Waals surface area (Å²) in [6.07, 6.45) is 0. The van der Waals surface area contributed by atoms with E-state index in [0.29, 0.717) is 11.3 Å².